The second-order valence-electron chi connectivity index (χ2n) is 5.94. The molecule has 10 heteroatoms. The topological polar surface area (TPSA) is 95.2 Å². The Balaban J connectivity index is 0.00000338. The summed E-state index contributed by atoms with van der Waals surface area (Å²) in [6.07, 6.45) is 0. The van der Waals surface area contributed by atoms with Gasteiger partial charge in [0, 0.05) is 59.5 Å². The normalized spacial score (nSPS) is 15.5. The molecule has 0 atom stereocenters. The summed E-state index contributed by atoms with van der Waals surface area (Å²) in [7, 11) is 3.34. The van der Waals surface area contributed by atoms with E-state index in [9.17, 15) is 4.79 Å². The number of rotatable bonds is 7. The average Bonchev–Trinajstić information content (AvgIpc) is 3.02. The van der Waals surface area contributed by atoms with Crippen LogP contribution in [0.3, 0.4) is 0 Å². The van der Waals surface area contributed by atoms with Gasteiger partial charge in [0.2, 0.25) is 5.91 Å². The number of hydrogen-bond acceptors (Lipinski definition) is 6. The van der Waals surface area contributed by atoms with E-state index in [1.807, 2.05) is 13.0 Å². The van der Waals surface area contributed by atoms with Crippen LogP contribution in [0.2, 0.25) is 0 Å². The van der Waals surface area contributed by atoms with Crippen LogP contribution in [0.5, 0.6) is 0 Å². The predicted octanol–water partition coefficient (Wildman–Crippen LogP) is 0.0566. The van der Waals surface area contributed by atoms with E-state index < -0.39 is 0 Å². The molecular formula is C16H29IN6O3. The molecule has 1 saturated heterocycles. The Hall–Kier alpha value is -1.40. The van der Waals surface area contributed by atoms with Crippen LogP contribution in [-0.2, 0) is 16.1 Å². The van der Waals surface area contributed by atoms with Crippen LogP contribution in [0, 0.1) is 6.92 Å². The molecule has 26 heavy (non-hydrogen) atoms. The van der Waals surface area contributed by atoms with Gasteiger partial charge in [0.15, 0.2) is 5.96 Å². The van der Waals surface area contributed by atoms with Crippen molar-refractivity contribution in [2.45, 2.75) is 13.5 Å². The number of carbonyl (C=O) groups is 1. The number of methoxy groups -OCH3 is 1. The fourth-order valence-corrected chi connectivity index (χ4v) is 2.69. The number of aliphatic imine (C=N–C) groups is 1. The number of aryl methyl sites for hydroxylation is 1. The Kier molecular flexibility index (Phi) is 10.5. The maximum atomic E-state index is 11.8. The lowest BCUT2D eigenvalue weighted by molar-refractivity contribution is -0.120. The molecule has 0 radical (unpaired) electrons. The van der Waals surface area contributed by atoms with Gasteiger partial charge in [0.05, 0.1) is 18.8 Å². The van der Waals surface area contributed by atoms with E-state index in [1.165, 1.54) is 0 Å². The number of aromatic nitrogens is 1. The van der Waals surface area contributed by atoms with Crippen molar-refractivity contribution in [3.8, 4) is 0 Å². The molecule has 0 aromatic carbocycles. The first-order chi connectivity index (χ1) is 12.1. The first-order valence-corrected chi connectivity index (χ1v) is 8.48. The minimum atomic E-state index is -0.0711. The SMILES string of the molecule is CN=C(NCC(=O)NCCOC)N1CCN(Cc2cc(C)on2)CC1.I. The van der Waals surface area contributed by atoms with Crippen LogP contribution >= 0.6 is 24.0 Å². The maximum absolute atomic E-state index is 11.8. The van der Waals surface area contributed by atoms with Crippen LogP contribution in [-0.4, -0.2) is 86.9 Å². The molecule has 2 rings (SSSR count). The molecule has 1 fully saturated rings. The number of nitrogens with one attached hydrogen (secondary N) is 2. The van der Waals surface area contributed by atoms with Gasteiger partial charge in [0.1, 0.15) is 5.76 Å². The number of piperazine rings is 1. The molecule has 148 valence electrons. The van der Waals surface area contributed by atoms with Crippen molar-refractivity contribution in [2.75, 3.05) is 60.0 Å². The van der Waals surface area contributed by atoms with Gasteiger partial charge in [0.25, 0.3) is 0 Å². The zero-order chi connectivity index (χ0) is 18.1. The lowest BCUT2D eigenvalue weighted by Gasteiger charge is -2.36. The van der Waals surface area contributed by atoms with E-state index in [-0.39, 0.29) is 36.4 Å². The number of ether oxygens (including phenoxy) is 1. The smallest absolute Gasteiger partial charge is 0.239 e. The summed E-state index contributed by atoms with van der Waals surface area (Å²) in [5, 5.41) is 9.93. The fraction of sp³-hybridized carbons (Fsp3) is 0.688. The second kappa shape index (κ2) is 12.1. The van der Waals surface area contributed by atoms with Crippen LogP contribution in [0.15, 0.2) is 15.6 Å². The minimum absolute atomic E-state index is 0. The highest BCUT2D eigenvalue weighted by Crippen LogP contribution is 2.09. The number of halogens is 1. The van der Waals surface area contributed by atoms with Gasteiger partial charge in [-0.25, -0.2) is 0 Å². The van der Waals surface area contributed by atoms with E-state index >= 15 is 0 Å². The molecule has 1 aromatic heterocycles. The molecule has 9 nitrogen and oxygen atoms in total. The summed E-state index contributed by atoms with van der Waals surface area (Å²) >= 11 is 0. The molecule has 0 aliphatic carbocycles. The van der Waals surface area contributed by atoms with E-state index in [2.05, 4.69) is 30.6 Å². The van der Waals surface area contributed by atoms with Crippen LogP contribution < -0.4 is 10.6 Å². The first-order valence-electron chi connectivity index (χ1n) is 8.48. The third-order valence-corrected chi connectivity index (χ3v) is 3.98. The summed E-state index contributed by atoms with van der Waals surface area (Å²) in [4.78, 5) is 20.5. The van der Waals surface area contributed by atoms with E-state index in [0.717, 1.165) is 50.1 Å². The van der Waals surface area contributed by atoms with E-state index in [4.69, 9.17) is 9.26 Å². The molecule has 1 aromatic rings. The number of amides is 1. The van der Waals surface area contributed by atoms with Crippen molar-refractivity contribution in [1.29, 1.82) is 0 Å². The standard InChI is InChI=1S/C16H28N6O3.HI/c1-13-10-14(20-25-13)12-21-5-7-22(8-6-21)16(17-2)19-11-15(23)18-4-9-24-3;/h10H,4-9,11-12H2,1-3H3,(H,17,19)(H,18,23);1H. The Labute approximate surface area is 171 Å². The van der Waals surface area contributed by atoms with Crippen molar-refractivity contribution < 1.29 is 14.1 Å². The highest BCUT2D eigenvalue weighted by Gasteiger charge is 2.20. The molecule has 0 spiro atoms. The number of nitrogens with zero attached hydrogens (tertiary/aromatic N) is 4. The maximum Gasteiger partial charge on any atom is 0.239 e. The zero-order valence-electron chi connectivity index (χ0n) is 15.7. The molecule has 1 aliphatic rings. The van der Waals surface area contributed by atoms with Gasteiger partial charge in [-0.1, -0.05) is 5.16 Å². The van der Waals surface area contributed by atoms with Gasteiger partial charge < -0.3 is 24.8 Å². The van der Waals surface area contributed by atoms with Crippen LogP contribution in [0.1, 0.15) is 11.5 Å². The van der Waals surface area contributed by atoms with Gasteiger partial charge in [-0.05, 0) is 6.92 Å². The second-order valence-corrected chi connectivity index (χ2v) is 5.94. The van der Waals surface area contributed by atoms with Crippen LogP contribution in [0.4, 0.5) is 0 Å². The lowest BCUT2D eigenvalue weighted by Crippen LogP contribution is -2.53. The molecule has 0 saturated carbocycles. The molecule has 0 unspecified atom stereocenters. The molecule has 1 aliphatic heterocycles. The van der Waals surface area contributed by atoms with Crippen LogP contribution in [0.25, 0.3) is 0 Å². The fourth-order valence-electron chi connectivity index (χ4n) is 2.69. The van der Waals surface area contributed by atoms with Crippen molar-refractivity contribution in [3.63, 3.8) is 0 Å². The lowest BCUT2D eigenvalue weighted by atomic mass is 10.3. The minimum Gasteiger partial charge on any atom is -0.383 e. The third-order valence-electron chi connectivity index (χ3n) is 3.98. The molecule has 1 amide bonds. The molecule has 0 bridgehead atoms. The van der Waals surface area contributed by atoms with Crippen molar-refractivity contribution in [1.82, 2.24) is 25.6 Å². The van der Waals surface area contributed by atoms with E-state index in [1.54, 1.807) is 14.2 Å². The Morgan fingerprint density at radius 3 is 2.65 bits per heavy atom. The Bertz CT molecular complexity index is 572. The molecular weight excluding hydrogens is 451 g/mol. The summed E-state index contributed by atoms with van der Waals surface area (Å²) in [6.45, 7) is 7.43. The van der Waals surface area contributed by atoms with Crippen molar-refractivity contribution in [2.24, 2.45) is 4.99 Å². The first kappa shape index (κ1) is 22.6. The average molecular weight is 480 g/mol. The van der Waals surface area contributed by atoms with Gasteiger partial charge in [-0.2, -0.15) is 0 Å². The predicted molar refractivity (Wildman–Crippen MR) is 110 cm³/mol. The number of guanidine groups is 1. The Morgan fingerprint density at radius 2 is 2.08 bits per heavy atom. The zero-order valence-corrected chi connectivity index (χ0v) is 18.0. The van der Waals surface area contributed by atoms with Crippen molar-refractivity contribution in [3.05, 3.63) is 17.5 Å². The molecule has 2 heterocycles. The largest absolute Gasteiger partial charge is 0.383 e. The summed E-state index contributed by atoms with van der Waals surface area (Å²) in [6, 6.07) is 1.97. The summed E-state index contributed by atoms with van der Waals surface area (Å²) in [5.74, 6) is 1.51. The highest BCUT2D eigenvalue weighted by molar-refractivity contribution is 14.0. The summed E-state index contributed by atoms with van der Waals surface area (Å²) < 4.78 is 10.0. The number of hydrogen-bond donors (Lipinski definition) is 2. The van der Waals surface area contributed by atoms with Crippen molar-refractivity contribution >= 4 is 35.8 Å². The number of carbonyl (C=O) groups excluding carboxylic acids is 1. The van der Waals surface area contributed by atoms with Gasteiger partial charge in [-0.3, -0.25) is 14.7 Å². The summed E-state index contributed by atoms with van der Waals surface area (Å²) in [5.41, 5.74) is 0.959. The highest BCUT2D eigenvalue weighted by atomic mass is 127. The van der Waals surface area contributed by atoms with E-state index in [0.29, 0.717) is 13.2 Å². The van der Waals surface area contributed by atoms with Gasteiger partial charge in [-0.15, -0.1) is 24.0 Å². The monoisotopic (exact) mass is 480 g/mol. The Morgan fingerprint density at radius 1 is 1.35 bits per heavy atom. The molecule has 2 N–H and O–H groups in total. The quantitative estimate of drug-likeness (QED) is 0.247. The third kappa shape index (κ3) is 7.46. The van der Waals surface area contributed by atoms with Gasteiger partial charge >= 0.3 is 0 Å².